The Labute approximate surface area is 384 Å². The van der Waals surface area contributed by atoms with E-state index in [4.69, 9.17) is 11.5 Å². The highest BCUT2D eigenvalue weighted by atomic mass is 33.1. The predicted molar refractivity (Wildman–Crippen MR) is 245 cm³/mol. The first-order valence-corrected chi connectivity index (χ1v) is 24.6. The van der Waals surface area contributed by atoms with Gasteiger partial charge in [-0.05, 0) is 38.2 Å². The fourth-order valence-corrected chi connectivity index (χ4v) is 10.2. The van der Waals surface area contributed by atoms with Crippen molar-refractivity contribution in [1.29, 1.82) is 0 Å². The number of Topliss-reactive ketones (excluding diaryl/α,β-unsaturated/α-hetero) is 4. The lowest BCUT2D eigenvalue weighted by Crippen LogP contribution is -2.53. The van der Waals surface area contributed by atoms with Crippen molar-refractivity contribution in [2.45, 2.75) is 95.3 Å². The van der Waals surface area contributed by atoms with Gasteiger partial charge in [-0.3, -0.25) is 52.9 Å². The number of guanidine groups is 1. The summed E-state index contributed by atoms with van der Waals surface area (Å²) in [6.45, 7) is 4.61. The lowest BCUT2D eigenvalue weighted by atomic mass is 9.90. The van der Waals surface area contributed by atoms with Crippen molar-refractivity contribution in [1.82, 2.24) is 26.6 Å². The number of thioether (sulfide) groups is 1. The van der Waals surface area contributed by atoms with Crippen LogP contribution in [0, 0.1) is 24.7 Å². The molecule has 1 aromatic carbocycles. The van der Waals surface area contributed by atoms with Crippen molar-refractivity contribution >= 4 is 97.9 Å². The van der Waals surface area contributed by atoms with Crippen LogP contribution in [0.3, 0.4) is 0 Å². The van der Waals surface area contributed by atoms with Crippen LogP contribution in [-0.2, 0) is 54.4 Å². The minimum absolute atomic E-state index is 0.0241. The molecule has 352 valence electrons. The minimum Gasteiger partial charge on any atom is -0.481 e. The topological polar surface area (TPSA) is 315 Å². The highest BCUT2D eigenvalue weighted by Gasteiger charge is 2.35. The largest absolute Gasteiger partial charge is 0.481 e. The second-order valence-corrected chi connectivity index (χ2v) is 19.2. The van der Waals surface area contributed by atoms with E-state index in [1.54, 1.807) is 30.3 Å². The number of aliphatic imine (C=N–C) groups is 1. The Bertz CT molecular complexity index is 1870. The average Bonchev–Trinajstić information content (AvgIpc) is 3.24. The number of nitrogens with two attached hydrogens (primary N) is 2. The lowest BCUT2D eigenvalue weighted by Gasteiger charge is -2.26. The van der Waals surface area contributed by atoms with E-state index in [1.807, 2.05) is 0 Å². The standard InChI is InChI=1S/C42H59N8O11S3/c1-3-4-12-30-41(61)50-33-22-64-63-21-32(35(54)17-27(14-25-9-6-5-7-10-25)39(59)48-31(24(2)51)20-62-23-36(55)47-30)49-40(60)28(18-37(56)57)15-29(52)19-46-38(58)26(16-34(33)53)11-8-13-45-42(43)44/h5-7,9-10,26-28,30-33H,1,3-4,8,11-23H2,2H3,(H,46,58)(H,47,55)(H,48,59)(H,49,60)(H,50,61)(H,56,57)(H4,43,44,45)/q-1/t26-,27?,28+,30+,31?,32+,33+/m1/s1. The van der Waals surface area contributed by atoms with E-state index in [1.165, 1.54) is 6.92 Å². The van der Waals surface area contributed by atoms with Gasteiger partial charge in [-0.1, -0.05) is 58.3 Å². The second kappa shape index (κ2) is 28.1. The quantitative estimate of drug-likeness (QED) is 0.0459. The molecule has 0 spiro atoms. The van der Waals surface area contributed by atoms with Gasteiger partial charge in [0.25, 0.3) is 0 Å². The van der Waals surface area contributed by atoms with Crippen molar-refractivity contribution in [3.05, 3.63) is 42.8 Å². The maximum atomic E-state index is 14.3. The smallest absolute Gasteiger partial charge is 0.304 e. The van der Waals surface area contributed by atoms with Gasteiger partial charge in [-0.2, -0.15) is 6.42 Å². The van der Waals surface area contributed by atoms with Gasteiger partial charge in [0.15, 0.2) is 29.1 Å². The number of fused-ring (bicyclic) bond motifs is 5. The number of benzene rings is 1. The van der Waals surface area contributed by atoms with E-state index in [0.717, 1.165) is 33.3 Å². The number of amides is 5. The summed E-state index contributed by atoms with van der Waals surface area (Å²) < 4.78 is 0. The van der Waals surface area contributed by atoms with Gasteiger partial charge in [0, 0.05) is 54.9 Å². The third kappa shape index (κ3) is 19.4. The molecule has 22 heteroatoms. The SMILES string of the molecule is [CH2-]CCC[C@@H]1NC(=O)CSCC(C(C)=O)NC(=O)C(Cc2ccccc2)CC(=O)[C@@H]2CSSC[C@H](NC1=O)C(=O)C[C@@H](CCCN=C(N)N)C(=O)NCC(=O)C[C@@H](CC(=O)O)C(=O)N2. The molecule has 10 N–H and O–H groups in total. The third-order valence-electron chi connectivity index (χ3n) is 10.4. The molecule has 1 aromatic rings. The number of rotatable bonds is 12. The number of nitrogens with one attached hydrogen (secondary N) is 5. The summed E-state index contributed by atoms with van der Waals surface area (Å²) in [7, 11) is 2.12. The molecule has 2 unspecified atom stereocenters. The highest BCUT2D eigenvalue weighted by Crippen LogP contribution is 2.27. The molecule has 5 amide bonds. The van der Waals surface area contributed by atoms with Gasteiger partial charge in [0.1, 0.15) is 6.04 Å². The Morgan fingerprint density at radius 1 is 0.766 bits per heavy atom. The van der Waals surface area contributed by atoms with Crippen LogP contribution in [0.25, 0.3) is 0 Å². The summed E-state index contributed by atoms with van der Waals surface area (Å²) in [5.74, 6) is -11.3. The van der Waals surface area contributed by atoms with Gasteiger partial charge in [0.2, 0.25) is 29.5 Å². The molecule has 0 saturated carbocycles. The summed E-state index contributed by atoms with van der Waals surface area (Å²) in [6.07, 6.45) is -0.771. The molecular weight excluding hydrogens is 889 g/mol. The Morgan fingerprint density at radius 2 is 1.39 bits per heavy atom. The molecule has 2 aliphatic rings. The molecule has 3 rings (SSSR count). The monoisotopic (exact) mass is 947 g/mol. The summed E-state index contributed by atoms with van der Waals surface area (Å²) >= 11 is 1.04. The number of nitrogens with zero attached hydrogens (tertiary/aromatic N) is 1. The highest BCUT2D eigenvalue weighted by molar-refractivity contribution is 8.76. The number of ketones is 4. The number of carbonyl (C=O) groups is 10. The second-order valence-electron chi connectivity index (χ2n) is 15.6. The van der Waals surface area contributed by atoms with Gasteiger partial charge in [0.05, 0.1) is 42.8 Å². The van der Waals surface area contributed by atoms with Crippen LogP contribution >= 0.6 is 33.3 Å². The molecule has 2 saturated heterocycles. The van der Waals surface area contributed by atoms with Crippen LogP contribution in [0.2, 0.25) is 0 Å². The van der Waals surface area contributed by atoms with Crippen molar-refractivity contribution < 1.29 is 53.1 Å². The summed E-state index contributed by atoms with van der Waals surface area (Å²) in [4.78, 5) is 139. The maximum absolute atomic E-state index is 14.3. The van der Waals surface area contributed by atoms with E-state index in [9.17, 15) is 53.1 Å². The first-order chi connectivity index (χ1) is 30.5. The average molecular weight is 948 g/mol. The normalized spacial score (nSPS) is 25.6. The van der Waals surface area contributed by atoms with E-state index in [2.05, 4.69) is 38.5 Å². The lowest BCUT2D eigenvalue weighted by molar-refractivity contribution is -0.142. The number of carbonyl (C=O) groups excluding carboxylic acids is 9. The third-order valence-corrected chi connectivity index (χ3v) is 13.8. The summed E-state index contributed by atoms with van der Waals surface area (Å²) in [5, 5.41) is 23.0. The van der Waals surface area contributed by atoms with Crippen molar-refractivity contribution in [3.63, 3.8) is 0 Å². The van der Waals surface area contributed by atoms with E-state index in [0.29, 0.717) is 18.4 Å². The van der Waals surface area contributed by atoms with Crippen LogP contribution in [0.4, 0.5) is 0 Å². The number of unbranched alkanes of at least 4 members (excludes halogenated alkanes) is 1. The van der Waals surface area contributed by atoms with Gasteiger partial charge >= 0.3 is 5.97 Å². The number of carboxylic acid groups (broad SMARTS) is 1. The first kappa shape index (κ1) is 53.4. The van der Waals surface area contributed by atoms with Gasteiger partial charge in [-0.15, -0.1) is 11.8 Å². The molecule has 64 heavy (non-hydrogen) atoms. The Hall–Kier alpha value is -4.96. The zero-order valence-corrected chi connectivity index (χ0v) is 38.3. The number of hydrogen-bond acceptors (Lipinski definition) is 14. The number of aliphatic carboxylic acids is 1. The maximum Gasteiger partial charge on any atom is 0.304 e. The predicted octanol–water partition coefficient (Wildman–Crippen LogP) is 0.274. The van der Waals surface area contributed by atoms with Crippen molar-refractivity contribution in [3.8, 4) is 0 Å². The molecule has 0 aromatic heterocycles. The molecule has 2 bridgehead atoms. The van der Waals surface area contributed by atoms with E-state index < -0.39 is 133 Å². The minimum atomic E-state index is -1.45. The van der Waals surface area contributed by atoms with E-state index in [-0.39, 0.29) is 61.2 Å². The summed E-state index contributed by atoms with van der Waals surface area (Å²) in [5.41, 5.74) is 11.6. The van der Waals surface area contributed by atoms with Crippen LogP contribution < -0.4 is 38.1 Å². The van der Waals surface area contributed by atoms with Crippen molar-refractivity contribution in [2.75, 3.05) is 36.1 Å². The Morgan fingerprint density at radius 3 is 2.00 bits per heavy atom. The molecule has 2 fully saturated rings. The number of carboxylic acids is 1. The van der Waals surface area contributed by atoms with E-state index >= 15 is 0 Å². The van der Waals surface area contributed by atoms with Crippen LogP contribution in [0.5, 0.6) is 0 Å². The first-order valence-electron chi connectivity index (χ1n) is 21.0. The molecule has 2 aliphatic heterocycles. The molecule has 0 radical (unpaired) electrons. The van der Waals surface area contributed by atoms with Crippen LogP contribution in [-0.4, -0.2) is 130 Å². The molecular formula is C42H59N8O11S3-. The van der Waals surface area contributed by atoms with Gasteiger partial charge in [-0.25, -0.2) is 0 Å². The summed E-state index contributed by atoms with van der Waals surface area (Å²) in [6, 6.07) is 4.11. The molecule has 0 aliphatic carbocycles. The van der Waals surface area contributed by atoms with Crippen LogP contribution in [0.1, 0.15) is 70.3 Å². The van der Waals surface area contributed by atoms with Crippen molar-refractivity contribution in [2.24, 2.45) is 34.2 Å². The molecule has 7 atom stereocenters. The number of hydrogen-bond donors (Lipinski definition) is 8. The Kier molecular flexibility index (Phi) is 23.4. The van der Waals surface area contributed by atoms with Crippen LogP contribution in [0.15, 0.2) is 35.3 Å². The zero-order valence-electron chi connectivity index (χ0n) is 35.8. The fourth-order valence-electron chi connectivity index (χ4n) is 6.84. The fraction of sp³-hybridized carbons (Fsp3) is 0.571. The Balaban J connectivity index is 2.13. The molecule has 19 nitrogen and oxygen atoms in total. The van der Waals surface area contributed by atoms with Gasteiger partial charge < -0.3 is 50.1 Å². The zero-order chi connectivity index (χ0) is 47.2. The molecule has 2 heterocycles.